The number of carbonyl (C=O) groups is 1. The molecular formula is C22H27FN2O3. The SMILES string of the molecule is O=C1CC[C@@]2(CCCN(Cc3ccc(-c4ccccc4F)o3)C2)CN1CCO. The first kappa shape index (κ1) is 19.2. The van der Waals surface area contributed by atoms with Crippen LogP contribution in [-0.2, 0) is 11.3 Å². The Balaban J connectivity index is 1.43. The van der Waals surface area contributed by atoms with Crippen molar-refractivity contribution < 1.29 is 18.7 Å². The number of halogens is 1. The number of benzene rings is 1. The topological polar surface area (TPSA) is 56.9 Å². The summed E-state index contributed by atoms with van der Waals surface area (Å²) in [5, 5.41) is 9.24. The summed E-state index contributed by atoms with van der Waals surface area (Å²) in [6.45, 7) is 3.75. The fourth-order valence-corrected chi connectivity index (χ4v) is 4.69. The van der Waals surface area contributed by atoms with Crippen molar-refractivity contribution in [3.05, 3.63) is 48.0 Å². The Kier molecular flexibility index (Phi) is 5.51. The van der Waals surface area contributed by atoms with E-state index in [0.717, 1.165) is 44.7 Å². The van der Waals surface area contributed by atoms with Crippen LogP contribution < -0.4 is 0 Å². The van der Waals surface area contributed by atoms with Crippen LogP contribution in [0.5, 0.6) is 0 Å². The van der Waals surface area contributed by atoms with E-state index in [1.54, 1.807) is 18.2 Å². The minimum Gasteiger partial charge on any atom is -0.460 e. The number of carbonyl (C=O) groups excluding carboxylic acids is 1. The van der Waals surface area contributed by atoms with Crippen molar-refractivity contribution in [1.29, 1.82) is 0 Å². The zero-order valence-corrected chi connectivity index (χ0v) is 16.1. The molecule has 2 fully saturated rings. The highest BCUT2D eigenvalue weighted by Gasteiger charge is 2.41. The first-order valence-corrected chi connectivity index (χ1v) is 10.0. The number of nitrogens with zero attached hydrogens (tertiary/aromatic N) is 2. The number of hydrogen-bond acceptors (Lipinski definition) is 4. The first-order chi connectivity index (χ1) is 13.6. The Bertz CT molecular complexity index is 837. The van der Waals surface area contributed by atoms with Crippen LogP contribution in [0.25, 0.3) is 11.3 Å². The van der Waals surface area contributed by atoms with Crippen LogP contribution in [0.15, 0.2) is 40.8 Å². The van der Waals surface area contributed by atoms with Gasteiger partial charge in [-0.3, -0.25) is 9.69 Å². The van der Waals surface area contributed by atoms with Gasteiger partial charge in [0.1, 0.15) is 17.3 Å². The molecule has 2 aliphatic rings. The van der Waals surface area contributed by atoms with Crippen LogP contribution in [0.3, 0.4) is 0 Å². The molecule has 0 unspecified atom stereocenters. The second-order valence-electron chi connectivity index (χ2n) is 8.10. The van der Waals surface area contributed by atoms with E-state index in [0.29, 0.717) is 30.8 Å². The van der Waals surface area contributed by atoms with E-state index in [2.05, 4.69) is 4.90 Å². The minimum atomic E-state index is -0.281. The molecule has 5 nitrogen and oxygen atoms in total. The lowest BCUT2D eigenvalue weighted by atomic mass is 9.73. The summed E-state index contributed by atoms with van der Waals surface area (Å²) in [5.74, 6) is 1.25. The standard InChI is InChI=1S/C22H27FN2O3/c23-19-5-2-1-4-18(19)20-7-6-17(28-20)14-24-11-3-9-22(15-24)10-8-21(27)25(16-22)12-13-26/h1-2,4-7,26H,3,8-16H2/t22-/m1/s1. The Labute approximate surface area is 164 Å². The van der Waals surface area contributed by atoms with Crippen LogP contribution in [0, 0.1) is 11.2 Å². The Morgan fingerprint density at radius 1 is 1.14 bits per heavy atom. The number of likely N-dealkylation sites (tertiary alicyclic amines) is 2. The van der Waals surface area contributed by atoms with E-state index in [9.17, 15) is 14.3 Å². The molecule has 1 atom stereocenters. The molecule has 28 heavy (non-hydrogen) atoms. The summed E-state index contributed by atoms with van der Waals surface area (Å²) >= 11 is 0. The normalized spacial score (nSPS) is 23.5. The molecule has 4 rings (SSSR count). The number of hydrogen-bond donors (Lipinski definition) is 1. The summed E-state index contributed by atoms with van der Waals surface area (Å²) in [5.41, 5.74) is 0.580. The van der Waals surface area contributed by atoms with Crippen molar-refractivity contribution in [2.24, 2.45) is 5.41 Å². The molecule has 1 spiro atoms. The molecule has 1 N–H and O–H groups in total. The molecule has 0 radical (unpaired) electrons. The van der Waals surface area contributed by atoms with Gasteiger partial charge in [0.2, 0.25) is 5.91 Å². The highest BCUT2D eigenvalue weighted by atomic mass is 19.1. The number of aliphatic hydroxyl groups is 1. The van der Waals surface area contributed by atoms with Gasteiger partial charge in [-0.1, -0.05) is 12.1 Å². The number of furan rings is 1. The van der Waals surface area contributed by atoms with Crippen molar-refractivity contribution >= 4 is 5.91 Å². The lowest BCUT2D eigenvalue weighted by molar-refractivity contribution is -0.140. The Morgan fingerprint density at radius 2 is 2.00 bits per heavy atom. The molecule has 2 aromatic rings. The van der Waals surface area contributed by atoms with Gasteiger partial charge >= 0.3 is 0 Å². The molecule has 6 heteroatoms. The first-order valence-electron chi connectivity index (χ1n) is 10.0. The smallest absolute Gasteiger partial charge is 0.222 e. The van der Waals surface area contributed by atoms with Gasteiger partial charge in [-0.2, -0.15) is 0 Å². The maximum Gasteiger partial charge on any atom is 0.222 e. The summed E-state index contributed by atoms with van der Waals surface area (Å²) in [6, 6.07) is 10.4. The number of rotatable bonds is 5. The zero-order valence-electron chi connectivity index (χ0n) is 16.1. The molecule has 3 heterocycles. The molecule has 0 bridgehead atoms. The molecule has 0 saturated carbocycles. The van der Waals surface area contributed by atoms with Gasteiger partial charge in [-0.15, -0.1) is 0 Å². The van der Waals surface area contributed by atoms with Gasteiger partial charge < -0.3 is 14.4 Å². The van der Waals surface area contributed by atoms with Crippen LogP contribution in [0.1, 0.15) is 31.4 Å². The number of β-amino-alcohol motifs (C(OH)–C–C–N with tert-alkyl or cyclic N) is 1. The third kappa shape index (κ3) is 3.98. The van der Waals surface area contributed by atoms with Gasteiger partial charge in [0.05, 0.1) is 18.7 Å². The number of piperidine rings is 2. The highest BCUT2D eigenvalue weighted by molar-refractivity contribution is 5.77. The van der Waals surface area contributed by atoms with Crippen LogP contribution in [-0.4, -0.2) is 53.6 Å². The van der Waals surface area contributed by atoms with Crippen molar-refractivity contribution in [3.63, 3.8) is 0 Å². The predicted molar refractivity (Wildman–Crippen MR) is 104 cm³/mol. The maximum absolute atomic E-state index is 14.0. The predicted octanol–water partition coefficient (Wildman–Crippen LogP) is 3.28. The van der Waals surface area contributed by atoms with E-state index in [-0.39, 0.29) is 23.7 Å². The zero-order chi connectivity index (χ0) is 19.6. The largest absolute Gasteiger partial charge is 0.460 e. The summed E-state index contributed by atoms with van der Waals surface area (Å²) in [4.78, 5) is 16.3. The number of amides is 1. The third-order valence-corrected chi connectivity index (χ3v) is 6.04. The van der Waals surface area contributed by atoms with Crippen molar-refractivity contribution in [2.45, 2.75) is 32.2 Å². The fraction of sp³-hybridized carbons (Fsp3) is 0.500. The molecule has 1 aromatic heterocycles. The second-order valence-corrected chi connectivity index (χ2v) is 8.10. The summed E-state index contributed by atoms with van der Waals surface area (Å²) < 4.78 is 19.9. The quantitative estimate of drug-likeness (QED) is 0.857. The van der Waals surface area contributed by atoms with Crippen molar-refractivity contribution in [3.8, 4) is 11.3 Å². The Hall–Kier alpha value is -2.18. The summed E-state index contributed by atoms with van der Waals surface area (Å²) in [7, 11) is 0. The van der Waals surface area contributed by atoms with E-state index in [1.165, 1.54) is 6.07 Å². The molecule has 1 aromatic carbocycles. The van der Waals surface area contributed by atoms with E-state index >= 15 is 0 Å². The van der Waals surface area contributed by atoms with Crippen LogP contribution in [0.4, 0.5) is 4.39 Å². The fourth-order valence-electron chi connectivity index (χ4n) is 4.69. The van der Waals surface area contributed by atoms with Gasteiger partial charge in [0, 0.05) is 31.5 Å². The highest BCUT2D eigenvalue weighted by Crippen LogP contribution is 2.39. The molecular weight excluding hydrogens is 359 g/mol. The van der Waals surface area contributed by atoms with Crippen LogP contribution in [0.2, 0.25) is 0 Å². The second kappa shape index (κ2) is 8.05. The average Bonchev–Trinajstić information content (AvgIpc) is 3.14. The van der Waals surface area contributed by atoms with E-state index in [1.807, 2.05) is 17.0 Å². The van der Waals surface area contributed by atoms with Gasteiger partial charge in [-0.05, 0) is 50.1 Å². The number of aliphatic hydroxyl groups excluding tert-OH is 1. The summed E-state index contributed by atoms with van der Waals surface area (Å²) in [6.07, 6.45) is 3.66. The van der Waals surface area contributed by atoms with Crippen molar-refractivity contribution in [1.82, 2.24) is 9.80 Å². The van der Waals surface area contributed by atoms with Gasteiger partial charge in [0.15, 0.2) is 0 Å². The van der Waals surface area contributed by atoms with E-state index in [4.69, 9.17) is 4.42 Å². The van der Waals surface area contributed by atoms with E-state index < -0.39 is 0 Å². The van der Waals surface area contributed by atoms with Crippen LogP contribution >= 0.6 is 0 Å². The molecule has 150 valence electrons. The monoisotopic (exact) mass is 386 g/mol. The molecule has 0 aliphatic carbocycles. The molecule has 1 amide bonds. The van der Waals surface area contributed by atoms with Crippen molar-refractivity contribution in [2.75, 3.05) is 32.8 Å². The minimum absolute atomic E-state index is 0.0107. The average molecular weight is 386 g/mol. The maximum atomic E-state index is 14.0. The lowest BCUT2D eigenvalue weighted by Crippen LogP contribution is -2.54. The third-order valence-electron chi connectivity index (χ3n) is 6.04. The van der Waals surface area contributed by atoms with Gasteiger partial charge in [0.25, 0.3) is 0 Å². The molecule has 2 saturated heterocycles. The molecule has 2 aliphatic heterocycles. The van der Waals surface area contributed by atoms with Gasteiger partial charge in [-0.25, -0.2) is 4.39 Å². The Morgan fingerprint density at radius 3 is 2.82 bits per heavy atom. The lowest BCUT2D eigenvalue weighted by Gasteiger charge is -2.48.